The smallest absolute Gasteiger partial charge is 0.0838 e. The zero-order valence-electron chi connectivity index (χ0n) is 20.3. The quantitative estimate of drug-likeness (QED) is 0.322. The third kappa shape index (κ3) is 4.46. The van der Waals surface area contributed by atoms with E-state index in [1.807, 2.05) is 6.20 Å². The van der Waals surface area contributed by atoms with Gasteiger partial charge >= 0.3 is 0 Å². The van der Waals surface area contributed by atoms with E-state index in [1.54, 1.807) is 7.11 Å². The van der Waals surface area contributed by atoms with Gasteiger partial charge in [-0.15, -0.1) is 0 Å². The minimum Gasteiger partial charge on any atom is -0.388 e. The molecule has 0 fully saturated rings. The van der Waals surface area contributed by atoms with E-state index in [9.17, 15) is 5.11 Å². The van der Waals surface area contributed by atoms with E-state index in [-0.39, 0.29) is 5.92 Å². The van der Waals surface area contributed by atoms with Gasteiger partial charge in [-0.1, -0.05) is 57.0 Å². The average Bonchev–Trinajstić information content (AvgIpc) is 3.19. The van der Waals surface area contributed by atoms with Crippen LogP contribution in [0.3, 0.4) is 0 Å². The highest BCUT2D eigenvalue weighted by atomic mass is 16.5. The molecule has 2 heterocycles. The van der Waals surface area contributed by atoms with Crippen LogP contribution in [0, 0.1) is 19.8 Å². The summed E-state index contributed by atoms with van der Waals surface area (Å²) in [7, 11) is 1.71. The van der Waals surface area contributed by atoms with Gasteiger partial charge in [0.1, 0.15) is 0 Å². The van der Waals surface area contributed by atoms with Gasteiger partial charge in [0.2, 0.25) is 0 Å². The number of aromatic nitrogens is 2. The van der Waals surface area contributed by atoms with Gasteiger partial charge in [0.15, 0.2) is 0 Å². The Balaban J connectivity index is 1.91. The lowest BCUT2D eigenvalue weighted by Gasteiger charge is -2.19. The summed E-state index contributed by atoms with van der Waals surface area (Å²) in [5.41, 5.74) is 8.67. The van der Waals surface area contributed by atoms with Crippen molar-refractivity contribution in [2.45, 2.75) is 53.2 Å². The molecule has 0 saturated carbocycles. The van der Waals surface area contributed by atoms with Crippen LogP contribution in [-0.4, -0.2) is 21.8 Å². The van der Waals surface area contributed by atoms with Crippen LogP contribution >= 0.6 is 0 Å². The molecule has 1 N–H and O–H groups in total. The number of hydrogen-bond donors (Lipinski definition) is 1. The van der Waals surface area contributed by atoms with Crippen molar-refractivity contribution in [3.63, 3.8) is 0 Å². The zero-order valence-corrected chi connectivity index (χ0v) is 20.3. The molecule has 0 aliphatic rings. The number of methoxy groups -OCH3 is 1. The van der Waals surface area contributed by atoms with E-state index in [0.717, 1.165) is 46.3 Å². The van der Waals surface area contributed by atoms with Gasteiger partial charge in [-0.05, 0) is 54.7 Å². The number of pyridine rings is 1. The fraction of sp³-hybridized carbons (Fsp3) is 0.345. The molecule has 0 bridgehead atoms. The molecule has 2 aromatic carbocycles. The lowest BCUT2D eigenvalue weighted by Crippen LogP contribution is -2.10. The number of aliphatic hydroxyl groups is 1. The fourth-order valence-electron chi connectivity index (χ4n) is 4.86. The molecule has 4 aromatic rings. The number of benzene rings is 2. The van der Waals surface area contributed by atoms with Gasteiger partial charge < -0.3 is 14.4 Å². The van der Waals surface area contributed by atoms with Crippen molar-refractivity contribution in [3.05, 3.63) is 83.2 Å². The summed E-state index contributed by atoms with van der Waals surface area (Å²) in [5, 5.41) is 12.4. The van der Waals surface area contributed by atoms with Crippen molar-refractivity contribution in [2.75, 3.05) is 7.11 Å². The van der Waals surface area contributed by atoms with Gasteiger partial charge in [0.25, 0.3) is 0 Å². The number of fused-ring (bicyclic) bond motifs is 1. The van der Waals surface area contributed by atoms with Gasteiger partial charge in [-0.3, -0.25) is 4.98 Å². The van der Waals surface area contributed by atoms with Crippen molar-refractivity contribution in [2.24, 2.45) is 5.92 Å². The molecule has 4 nitrogen and oxygen atoms in total. The molecule has 0 spiro atoms. The Morgan fingerprint density at radius 2 is 1.67 bits per heavy atom. The predicted molar refractivity (Wildman–Crippen MR) is 136 cm³/mol. The molecule has 33 heavy (non-hydrogen) atoms. The Morgan fingerprint density at radius 1 is 1.00 bits per heavy atom. The minimum absolute atomic E-state index is 0.213. The summed E-state index contributed by atoms with van der Waals surface area (Å²) in [6.07, 6.45) is 5.39. The molecule has 0 amide bonds. The number of nitrogens with zero attached hydrogens (tertiary/aromatic N) is 2. The van der Waals surface area contributed by atoms with E-state index in [4.69, 9.17) is 9.72 Å². The van der Waals surface area contributed by atoms with Gasteiger partial charge in [0, 0.05) is 35.5 Å². The lowest BCUT2D eigenvalue weighted by molar-refractivity contribution is 0.104. The van der Waals surface area contributed by atoms with Crippen LogP contribution in [-0.2, 0) is 11.3 Å². The van der Waals surface area contributed by atoms with Crippen LogP contribution in [0.1, 0.15) is 55.0 Å². The van der Waals surface area contributed by atoms with Crippen molar-refractivity contribution in [1.82, 2.24) is 9.55 Å². The first kappa shape index (κ1) is 23.2. The standard InChI is InChI=1S/C29H34N2O2/c1-6-22(7-2)29(32)25-17-31(23-13-11-21(12-14-23)18-33-5)27-16-30-26(15-24(25)27)28-19(3)9-8-10-20(28)4/h8-17,22,29,32H,6-7,18H2,1-5H3. The maximum Gasteiger partial charge on any atom is 0.0838 e. The van der Waals surface area contributed by atoms with E-state index in [0.29, 0.717) is 6.61 Å². The monoisotopic (exact) mass is 442 g/mol. The van der Waals surface area contributed by atoms with Crippen LogP contribution in [0.5, 0.6) is 0 Å². The van der Waals surface area contributed by atoms with E-state index < -0.39 is 6.10 Å². The third-order valence-corrected chi connectivity index (χ3v) is 6.80. The van der Waals surface area contributed by atoms with Crippen LogP contribution in [0.25, 0.3) is 27.8 Å². The molecular weight excluding hydrogens is 408 g/mol. The van der Waals surface area contributed by atoms with Gasteiger partial charge in [-0.2, -0.15) is 0 Å². The summed E-state index contributed by atoms with van der Waals surface area (Å²) in [4.78, 5) is 4.87. The van der Waals surface area contributed by atoms with Crippen molar-refractivity contribution in [3.8, 4) is 16.9 Å². The molecule has 0 aliphatic carbocycles. The summed E-state index contributed by atoms with van der Waals surface area (Å²) >= 11 is 0. The predicted octanol–water partition coefficient (Wildman–Crippen LogP) is 6.93. The molecule has 4 heteroatoms. The fourth-order valence-corrected chi connectivity index (χ4v) is 4.86. The summed E-state index contributed by atoms with van der Waals surface area (Å²) in [6, 6.07) is 16.9. The van der Waals surface area contributed by atoms with Crippen molar-refractivity contribution < 1.29 is 9.84 Å². The SMILES string of the molecule is CCC(CC)C(O)c1cn(-c2ccc(COC)cc2)c2cnc(-c3c(C)cccc3C)cc12. The largest absolute Gasteiger partial charge is 0.388 e. The highest BCUT2D eigenvalue weighted by molar-refractivity contribution is 5.89. The van der Waals surface area contributed by atoms with E-state index in [2.05, 4.69) is 87.0 Å². The topological polar surface area (TPSA) is 47.3 Å². The normalized spacial score (nSPS) is 12.6. The maximum atomic E-state index is 11.4. The maximum absolute atomic E-state index is 11.4. The van der Waals surface area contributed by atoms with Crippen LogP contribution in [0.15, 0.2) is 60.9 Å². The zero-order chi connectivity index (χ0) is 23.5. The molecule has 0 aliphatic heterocycles. The minimum atomic E-state index is -0.523. The summed E-state index contributed by atoms with van der Waals surface area (Å²) in [6.45, 7) is 9.14. The van der Waals surface area contributed by atoms with Crippen LogP contribution in [0.4, 0.5) is 0 Å². The highest BCUT2D eigenvalue weighted by Crippen LogP contribution is 2.37. The molecule has 1 atom stereocenters. The average molecular weight is 443 g/mol. The lowest BCUT2D eigenvalue weighted by atomic mass is 9.91. The van der Waals surface area contributed by atoms with Crippen molar-refractivity contribution in [1.29, 1.82) is 0 Å². The van der Waals surface area contributed by atoms with Crippen LogP contribution < -0.4 is 0 Å². The number of aryl methyl sites for hydroxylation is 2. The molecule has 2 aromatic heterocycles. The second-order valence-corrected chi connectivity index (χ2v) is 8.93. The van der Waals surface area contributed by atoms with E-state index in [1.165, 1.54) is 16.7 Å². The first-order valence-corrected chi connectivity index (χ1v) is 11.8. The summed E-state index contributed by atoms with van der Waals surface area (Å²) in [5.74, 6) is 0.213. The molecule has 1 unspecified atom stereocenters. The summed E-state index contributed by atoms with van der Waals surface area (Å²) < 4.78 is 7.40. The van der Waals surface area contributed by atoms with Gasteiger partial charge in [0.05, 0.1) is 30.1 Å². The number of ether oxygens (including phenoxy) is 1. The number of rotatable bonds is 8. The Bertz CT molecular complexity index is 1220. The number of aliphatic hydroxyl groups excluding tert-OH is 1. The second-order valence-electron chi connectivity index (χ2n) is 8.93. The second kappa shape index (κ2) is 9.90. The number of hydrogen-bond acceptors (Lipinski definition) is 3. The highest BCUT2D eigenvalue weighted by Gasteiger charge is 2.23. The third-order valence-electron chi connectivity index (χ3n) is 6.80. The molecule has 172 valence electrons. The first-order valence-electron chi connectivity index (χ1n) is 11.8. The molecule has 0 saturated heterocycles. The van der Waals surface area contributed by atoms with Crippen molar-refractivity contribution >= 4 is 10.9 Å². The van der Waals surface area contributed by atoms with E-state index >= 15 is 0 Å². The Hall–Kier alpha value is -2.95. The molecule has 0 radical (unpaired) electrons. The molecular formula is C29H34N2O2. The Morgan fingerprint density at radius 3 is 2.27 bits per heavy atom. The van der Waals surface area contributed by atoms with Crippen LogP contribution in [0.2, 0.25) is 0 Å². The molecule has 4 rings (SSSR count). The van der Waals surface area contributed by atoms with Gasteiger partial charge in [-0.25, -0.2) is 0 Å². The first-order chi connectivity index (χ1) is 16.0. The Kier molecular flexibility index (Phi) is 6.96. The Labute approximate surface area is 196 Å².